The van der Waals surface area contributed by atoms with Gasteiger partial charge in [0.15, 0.2) is 11.6 Å². The van der Waals surface area contributed by atoms with Crippen molar-refractivity contribution < 1.29 is 4.39 Å². The average molecular weight is 216 g/mol. The van der Waals surface area contributed by atoms with Gasteiger partial charge in [0.2, 0.25) is 0 Å². The van der Waals surface area contributed by atoms with Gasteiger partial charge in [0, 0.05) is 6.54 Å². The van der Waals surface area contributed by atoms with E-state index >= 15 is 0 Å². The van der Waals surface area contributed by atoms with Crippen LogP contribution in [0.1, 0.15) is 12.2 Å². The van der Waals surface area contributed by atoms with E-state index in [1.807, 2.05) is 6.08 Å². The van der Waals surface area contributed by atoms with E-state index in [1.54, 1.807) is 0 Å². The topological polar surface area (TPSA) is 37.8 Å². The summed E-state index contributed by atoms with van der Waals surface area (Å²) in [5.41, 5.74) is 1.10. The molecule has 3 nitrogen and oxygen atoms in total. The maximum Gasteiger partial charge on any atom is 0.159 e. The van der Waals surface area contributed by atoms with Crippen LogP contribution in [0.5, 0.6) is 0 Å². The van der Waals surface area contributed by atoms with Gasteiger partial charge >= 0.3 is 0 Å². The van der Waals surface area contributed by atoms with Crippen LogP contribution in [-0.4, -0.2) is 23.1 Å². The molecule has 1 aromatic rings. The lowest BCUT2D eigenvalue weighted by Crippen LogP contribution is -2.20. The highest BCUT2D eigenvalue weighted by atomic mass is 35.5. The minimum atomic E-state index is -0.390. The second kappa shape index (κ2) is 5.02. The van der Waals surface area contributed by atoms with Gasteiger partial charge < -0.3 is 5.32 Å². The van der Waals surface area contributed by atoms with Crippen molar-refractivity contribution in [2.24, 2.45) is 0 Å². The summed E-state index contributed by atoms with van der Waals surface area (Å²) in [6.45, 7) is 1.78. The van der Waals surface area contributed by atoms with Gasteiger partial charge in [-0.15, -0.1) is 12.4 Å². The molecular formula is C9H11ClFN3. The van der Waals surface area contributed by atoms with Crippen LogP contribution in [0, 0.1) is 5.82 Å². The van der Waals surface area contributed by atoms with Crippen LogP contribution in [0.15, 0.2) is 18.5 Å². The Morgan fingerprint density at radius 3 is 2.57 bits per heavy atom. The van der Waals surface area contributed by atoms with E-state index in [-0.39, 0.29) is 12.4 Å². The summed E-state index contributed by atoms with van der Waals surface area (Å²) in [6, 6.07) is 0. The zero-order valence-corrected chi connectivity index (χ0v) is 8.35. The van der Waals surface area contributed by atoms with Crippen molar-refractivity contribution in [3.05, 3.63) is 30.1 Å². The Hall–Kier alpha value is -1.00. The molecule has 1 aromatic heterocycles. The number of nitrogens with zero attached hydrogens (tertiary/aromatic N) is 2. The van der Waals surface area contributed by atoms with Crippen molar-refractivity contribution in [3.63, 3.8) is 0 Å². The molecule has 1 aliphatic heterocycles. The molecule has 0 unspecified atom stereocenters. The number of halogens is 2. The first kappa shape index (κ1) is 11.1. The van der Waals surface area contributed by atoms with Gasteiger partial charge in [-0.05, 0) is 18.5 Å². The smallest absolute Gasteiger partial charge is 0.159 e. The molecule has 0 amide bonds. The average Bonchev–Trinajstić information content (AvgIpc) is 2.20. The third kappa shape index (κ3) is 2.49. The number of aromatic nitrogens is 2. The third-order valence-electron chi connectivity index (χ3n) is 1.97. The minimum absolute atomic E-state index is 0. The molecule has 2 rings (SSSR count). The van der Waals surface area contributed by atoms with Gasteiger partial charge in [-0.25, -0.2) is 14.4 Å². The Kier molecular flexibility index (Phi) is 3.98. The Morgan fingerprint density at radius 1 is 1.29 bits per heavy atom. The quantitative estimate of drug-likeness (QED) is 0.770. The molecular weight excluding hydrogens is 205 g/mol. The lowest BCUT2D eigenvalue weighted by atomic mass is 10.1. The molecule has 1 aliphatic rings. The predicted molar refractivity (Wildman–Crippen MR) is 54.7 cm³/mol. The normalized spacial score (nSPS) is 15.6. The molecule has 2 heterocycles. The molecule has 1 N–H and O–H groups in total. The summed E-state index contributed by atoms with van der Waals surface area (Å²) in [4.78, 5) is 7.84. The van der Waals surface area contributed by atoms with E-state index in [2.05, 4.69) is 15.3 Å². The molecule has 0 spiro atoms. The first-order valence-electron chi connectivity index (χ1n) is 4.24. The van der Waals surface area contributed by atoms with E-state index in [0.717, 1.165) is 25.1 Å². The molecule has 0 aromatic carbocycles. The van der Waals surface area contributed by atoms with Crippen LogP contribution >= 0.6 is 12.4 Å². The number of rotatable bonds is 1. The van der Waals surface area contributed by atoms with E-state index < -0.39 is 5.82 Å². The summed E-state index contributed by atoms with van der Waals surface area (Å²) in [7, 11) is 0. The van der Waals surface area contributed by atoms with Crippen molar-refractivity contribution in [1.29, 1.82) is 0 Å². The molecule has 0 aliphatic carbocycles. The van der Waals surface area contributed by atoms with E-state index in [1.165, 1.54) is 12.4 Å². The van der Waals surface area contributed by atoms with Gasteiger partial charge in [0.25, 0.3) is 0 Å². The molecule has 0 fully saturated rings. The molecule has 5 heteroatoms. The Balaban J connectivity index is 0.000000980. The Morgan fingerprint density at radius 2 is 2.00 bits per heavy atom. The van der Waals surface area contributed by atoms with Gasteiger partial charge in [0.1, 0.15) is 0 Å². The molecule has 76 valence electrons. The van der Waals surface area contributed by atoms with Gasteiger partial charge in [-0.2, -0.15) is 0 Å². The predicted octanol–water partition coefficient (Wildman–Crippen LogP) is 1.41. The summed E-state index contributed by atoms with van der Waals surface area (Å²) in [5.74, 6) is 0.251. The van der Waals surface area contributed by atoms with Crippen LogP contribution in [0.3, 0.4) is 0 Å². The lowest BCUT2D eigenvalue weighted by Gasteiger charge is -2.11. The highest BCUT2D eigenvalue weighted by Gasteiger charge is 2.07. The fourth-order valence-corrected chi connectivity index (χ4v) is 1.30. The van der Waals surface area contributed by atoms with Crippen LogP contribution in [0.25, 0.3) is 5.57 Å². The molecule has 0 saturated carbocycles. The number of hydrogen-bond acceptors (Lipinski definition) is 3. The largest absolute Gasteiger partial charge is 0.313 e. The summed E-state index contributed by atoms with van der Waals surface area (Å²) in [5, 5.41) is 3.19. The summed E-state index contributed by atoms with van der Waals surface area (Å²) >= 11 is 0. The Labute approximate surface area is 87.9 Å². The highest BCUT2D eigenvalue weighted by molar-refractivity contribution is 5.85. The first-order chi connectivity index (χ1) is 6.36. The molecule has 0 bridgehead atoms. The van der Waals surface area contributed by atoms with Crippen LogP contribution in [0.4, 0.5) is 4.39 Å². The molecule has 0 atom stereocenters. The monoisotopic (exact) mass is 215 g/mol. The fourth-order valence-electron chi connectivity index (χ4n) is 1.30. The van der Waals surface area contributed by atoms with Crippen molar-refractivity contribution in [2.45, 2.75) is 6.42 Å². The Bertz CT molecular complexity index is 323. The van der Waals surface area contributed by atoms with Crippen molar-refractivity contribution in [3.8, 4) is 0 Å². The van der Waals surface area contributed by atoms with Crippen molar-refractivity contribution in [1.82, 2.24) is 15.3 Å². The first-order valence-corrected chi connectivity index (χ1v) is 4.24. The third-order valence-corrected chi connectivity index (χ3v) is 1.97. The van der Waals surface area contributed by atoms with E-state index in [4.69, 9.17) is 0 Å². The SMILES string of the molecule is Cl.Fc1cnc(C2=CCNCC2)nc1. The van der Waals surface area contributed by atoms with Crippen LogP contribution < -0.4 is 5.32 Å². The second-order valence-electron chi connectivity index (χ2n) is 2.91. The number of nitrogens with one attached hydrogen (secondary N) is 1. The zero-order chi connectivity index (χ0) is 9.10. The standard InChI is InChI=1S/C9H10FN3.ClH/c10-8-5-12-9(13-6-8)7-1-3-11-4-2-7;/h1,5-6,11H,2-4H2;1H. The molecule has 14 heavy (non-hydrogen) atoms. The zero-order valence-electron chi connectivity index (χ0n) is 7.53. The molecule has 0 saturated heterocycles. The van der Waals surface area contributed by atoms with Crippen molar-refractivity contribution in [2.75, 3.05) is 13.1 Å². The van der Waals surface area contributed by atoms with E-state index in [0.29, 0.717) is 5.82 Å². The van der Waals surface area contributed by atoms with Gasteiger partial charge in [-0.1, -0.05) is 6.08 Å². The van der Waals surface area contributed by atoms with E-state index in [9.17, 15) is 4.39 Å². The van der Waals surface area contributed by atoms with Crippen molar-refractivity contribution >= 4 is 18.0 Å². The second-order valence-corrected chi connectivity index (χ2v) is 2.91. The minimum Gasteiger partial charge on any atom is -0.313 e. The van der Waals surface area contributed by atoms with Gasteiger partial charge in [0.05, 0.1) is 12.4 Å². The van der Waals surface area contributed by atoms with Crippen LogP contribution in [-0.2, 0) is 0 Å². The maximum atomic E-state index is 12.5. The lowest BCUT2D eigenvalue weighted by molar-refractivity contribution is 0.611. The summed E-state index contributed by atoms with van der Waals surface area (Å²) < 4.78 is 12.5. The van der Waals surface area contributed by atoms with Gasteiger partial charge in [-0.3, -0.25) is 0 Å². The number of hydrogen-bond donors (Lipinski definition) is 1. The maximum absolute atomic E-state index is 12.5. The highest BCUT2D eigenvalue weighted by Crippen LogP contribution is 2.14. The fraction of sp³-hybridized carbons (Fsp3) is 0.333. The summed E-state index contributed by atoms with van der Waals surface area (Å²) in [6.07, 6.45) is 5.35. The molecule has 0 radical (unpaired) electrons. The van der Waals surface area contributed by atoms with Crippen LogP contribution in [0.2, 0.25) is 0 Å².